The van der Waals surface area contributed by atoms with E-state index in [1.54, 1.807) is 37.7 Å². The van der Waals surface area contributed by atoms with Crippen LogP contribution in [0.4, 0.5) is 0 Å². The number of benzene rings is 3. The maximum atomic E-state index is 11.9. The van der Waals surface area contributed by atoms with Crippen molar-refractivity contribution < 1.29 is 9.47 Å². The fourth-order valence-corrected chi connectivity index (χ4v) is 4.62. The lowest BCUT2D eigenvalue weighted by molar-refractivity contribution is 0.414. The number of aromatic amines is 1. The van der Waals surface area contributed by atoms with E-state index in [4.69, 9.17) is 9.47 Å². The highest BCUT2D eigenvalue weighted by Crippen LogP contribution is 2.38. The van der Waals surface area contributed by atoms with Crippen LogP contribution >= 0.6 is 23.5 Å². The number of hydrogen-bond acceptors (Lipinski definition) is 6. The lowest BCUT2D eigenvalue weighted by Crippen LogP contribution is -2.06. The summed E-state index contributed by atoms with van der Waals surface area (Å²) in [7, 11) is 3.29. The summed E-state index contributed by atoms with van der Waals surface area (Å²) in [5.74, 6) is 1.62. The zero-order chi connectivity index (χ0) is 20.2. The summed E-state index contributed by atoms with van der Waals surface area (Å²) in [6.07, 6.45) is 1.32. The Balaban J connectivity index is 1.70. The van der Waals surface area contributed by atoms with E-state index < -0.39 is 0 Å². The molecule has 0 radical (unpaired) electrons. The summed E-state index contributed by atoms with van der Waals surface area (Å²) in [6.45, 7) is 0. The van der Waals surface area contributed by atoms with E-state index in [2.05, 4.69) is 9.97 Å². The summed E-state index contributed by atoms with van der Waals surface area (Å²) < 4.78 is 10.4. The zero-order valence-corrected chi connectivity index (χ0v) is 17.5. The first-order chi connectivity index (χ1) is 14.2. The highest BCUT2D eigenvalue weighted by atomic mass is 32.2. The molecular weight excluding hydrogens is 404 g/mol. The maximum Gasteiger partial charge on any atom is 0.266 e. The van der Waals surface area contributed by atoms with Gasteiger partial charge in [-0.25, -0.2) is 4.98 Å². The number of nitrogens with zero attached hydrogens (tertiary/aromatic N) is 1. The van der Waals surface area contributed by atoms with Gasteiger partial charge in [-0.3, -0.25) is 4.79 Å². The molecule has 0 saturated carbocycles. The molecule has 0 saturated heterocycles. The summed E-state index contributed by atoms with van der Waals surface area (Å²) in [4.78, 5) is 23.3. The third kappa shape index (κ3) is 4.41. The summed E-state index contributed by atoms with van der Waals surface area (Å²) >= 11 is 3.17. The lowest BCUT2D eigenvalue weighted by atomic mass is 10.3. The Labute approximate surface area is 176 Å². The second kappa shape index (κ2) is 8.63. The standard InChI is InChI=1S/C22H18N2O3S2/c1-26-14-3-7-16(8-4-14)28-18-11-12-19(22-21(18)23-13-20(25)24-22)29-17-9-5-15(27-2)6-10-17/h3-13H,1-2H3,(H,24,25). The Morgan fingerprint density at radius 2 is 1.28 bits per heavy atom. The van der Waals surface area contributed by atoms with Gasteiger partial charge in [0.25, 0.3) is 5.56 Å². The van der Waals surface area contributed by atoms with Gasteiger partial charge in [-0.05, 0) is 60.7 Å². The summed E-state index contributed by atoms with van der Waals surface area (Å²) in [6, 6.07) is 19.7. The van der Waals surface area contributed by atoms with E-state index in [1.165, 1.54) is 6.20 Å². The molecule has 0 aliphatic heterocycles. The Morgan fingerprint density at radius 3 is 1.83 bits per heavy atom. The molecule has 0 spiro atoms. The minimum atomic E-state index is -0.222. The van der Waals surface area contributed by atoms with Crippen molar-refractivity contribution in [2.75, 3.05) is 14.2 Å². The topological polar surface area (TPSA) is 64.2 Å². The predicted octanol–water partition coefficient (Wildman–Crippen LogP) is 5.24. The maximum absolute atomic E-state index is 11.9. The van der Waals surface area contributed by atoms with Crippen LogP contribution in [0.2, 0.25) is 0 Å². The average Bonchev–Trinajstić information content (AvgIpc) is 2.76. The SMILES string of the molecule is COc1ccc(Sc2ccc(Sc3ccc(OC)cc3)c3[nH]c(=O)cnc23)cc1. The molecule has 0 aliphatic carbocycles. The molecule has 1 heterocycles. The molecule has 4 aromatic rings. The number of aromatic nitrogens is 2. The van der Waals surface area contributed by atoms with Crippen molar-refractivity contribution in [3.63, 3.8) is 0 Å². The molecule has 5 nitrogen and oxygen atoms in total. The smallest absolute Gasteiger partial charge is 0.266 e. The summed E-state index contributed by atoms with van der Waals surface area (Å²) in [5, 5.41) is 0. The molecular formula is C22H18N2O3S2. The number of H-pyrrole nitrogens is 1. The van der Waals surface area contributed by atoms with Gasteiger partial charge in [0.2, 0.25) is 0 Å². The third-order valence-corrected chi connectivity index (χ3v) is 6.36. The largest absolute Gasteiger partial charge is 0.497 e. The van der Waals surface area contributed by atoms with E-state index in [0.717, 1.165) is 42.1 Å². The van der Waals surface area contributed by atoms with Gasteiger partial charge in [-0.15, -0.1) is 0 Å². The van der Waals surface area contributed by atoms with Crippen molar-refractivity contribution in [1.29, 1.82) is 0 Å². The molecule has 29 heavy (non-hydrogen) atoms. The van der Waals surface area contributed by atoms with Crippen LogP contribution in [-0.2, 0) is 0 Å². The first kappa shape index (κ1) is 19.4. The van der Waals surface area contributed by atoms with Gasteiger partial charge in [0.05, 0.1) is 25.9 Å². The van der Waals surface area contributed by atoms with Crippen LogP contribution in [0, 0.1) is 0 Å². The van der Waals surface area contributed by atoms with Crippen molar-refractivity contribution in [2.24, 2.45) is 0 Å². The van der Waals surface area contributed by atoms with Crippen LogP contribution in [-0.4, -0.2) is 24.2 Å². The van der Waals surface area contributed by atoms with Gasteiger partial charge in [-0.1, -0.05) is 23.5 Å². The minimum absolute atomic E-state index is 0.222. The van der Waals surface area contributed by atoms with Crippen molar-refractivity contribution in [1.82, 2.24) is 9.97 Å². The number of nitrogens with one attached hydrogen (secondary N) is 1. The Morgan fingerprint density at radius 1 is 0.759 bits per heavy atom. The molecule has 7 heteroatoms. The number of rotatable bonds is 6. The molecule has 3 aromatic carbocycles. The first-order valence-corrected chi connectivity index (χ1v) is 10.5. The molecule has 0 aliphatic rings. The highest BCUT2D eigenvalue weighted by Gasteiger charge is 2.11. The molecule has 0 amide bonds. The van der Waals surface area contributed by atoms with Crippen LogP contribution in [0.1, 0.15) is 0 Å². The van der Waals surface area contributed by atoms with Crippen LogP contribution in [0.25, 0.3) is 11.0 Å². The minimum Gasteiger partial charge on any atom is -0.497 e. The van der Waals surface area contributed by atoms with Gasteiger partial charge in [0, 0.05) is 19.6 Å². The number of hydrogen-bond donors (Lipinski definition) is 1. The van der Waals surface area contributed by atoms with Crippen LogP contribution in [0.15, 0.2) is 91.2 Å². The second-order valence-corrected chi connectivity index (χ2v) is 8.32. The first-order valence-electron chi connectivity index (χ1n) is 8.82. The van der Waals surface area contributed by atoms with E-state index >= 15 is 0 Å². The predicted molar refractivity (Wildman–Crippen MR) is 117 cm³/mol. The quantitative estimate of drug-likeness (QED) is 0.458. The fraction of sp³-hybridized carbons (Fsp3) is 0.0909. The molecule has 146 valence electrons. The number of fused-ring (bicyclic) bond motifs is 1. The van der Waals surface area contributed by atoms with Gasteiger partial charge in [-0.2, -0.15) is 0 Å². The van der Waals surface area contributed by atoms with E-state index in [-0.39, 0.29) is 5.56 Å². The van der Waals surface area contributed by atoms with Gasteiger partial charge in [0.1, 0.15) is 17.0 Å². The van der Waals surface area contributed by atoms with Crippen molar-refractivity contribution in [3.8, 4) is 11.5 Å². The zero-order valence-electron chi connectivity index (χ0n) is 15.8. The lowest BCUT2D eigenvalue weighted by Gasteiger charge is -2.10. The van der Waals surface area contributed by atoms with Crippen molar-refractivity contribution in [2.45, 2.75) is 19.6 Å². The van der Waals surface area contributed by atoms with Crippen LogP contribution in [0.3, 0.4) is 0 Å². The van der Waals surface area contributed by atoms with Gasteiger partial charge in [0.15, 0.2) is 0 Å². The van der Waals surface area contributed by atoms with E-state index in [0.29, 0.717) is 0 Å². The number of ether oxygens (including phenoxy) is 2. The molecule has 0 atom stereocenters. The average molecular weight is 423 g/mol. The van der Waals surface area contributed by atoms with E-state index in [1.807, 2.05) is 60.7 Å². The normalized spacial score (nSPS) is 10.8. The van der Waals surface area contributed by atoms with Crippen LogP contribution < -0.4 is 15.0 Å². The molecule has 0 unspecified atom stereocenters. The van der Waals surface area contributed by atoms with Gasteiger partial charge >= 0.3 is 0 Å². The summed E-state index contributed by atoms with van der Waals surface area (Å²) in [5.41, 5.74) is 1.28. The number of methoxy groups -OCH3 is 2. The molecule has 1 aromatic heterocycles. The molecule has 4 rings (SSSR count). The molecule has 0 fully saturated rings. The monoisotopic (exact) mass is 422 g/mol. The Kier molecular flexibility index (Phi) is 5.78. The van der Waals surface area contributed by atoms with Crippen molar-refractivity contribution >= 4 is 34.6 Å². The Hall–Kier alpha value is -2.90. The van der Waals surface area contributed by atoms with E-state index in [9.17, 15) is 4.79 Å². The van der Waals surface area contributed by atoms with Crippen molar-refractivity contribution in [3.05, 3.63) is 77.2 Å². The van der Waals surface area contributed by atoms with Crippen LogP contribution in [0.5, 0.6) is 11.5 Å². The molecule has 1 N–H and O–H groups in total. The molecule has 0 bridgehead atoms. The third-order valence-electron chi connectivity index (χ3n) is 4.24. The van der Waals surface area contributed by atoms with Gasteiger partial charge < -0.3 is 14.5 Å². The fourth-order valence-electron chi connectivity index (χ4n) is 2.79. The second-order valence-electron chi connectivity index (χ2n) is 6.09. The highest BCUT2D eigenvalue weighted by molar-refractivity contribution is 8.00. The Bertz CT molecular complexity index is 1190.